The highest BCUT2D eigenvalue weighted by Gasteiger charge is 2.41. The van der Waals surface area contributed by atoms with E-state index in [9.17, 15) is 0 Å². The molecule has 0 radical (unpaired) electrons. The molecule has 1 aromatic rings. The van der Waals surface area contributed by atoms with Gasteiger partial charge in [-0.2, -0.15) is 0 Å². The van der Waals surface area contributed by atoms with Crippen LogP contribution in [0, 0.1) is 0 Å². The van der Waals surface area contributed by atoms with Crippen LogP contribution in [0.3, 0.4) is 0 Å². The lowest BCUT2D eigenvalue weighted by Gasteiger charge is -2.22. The third kappa shape index (κ3) is 3.32. The highest BCUT2D eigenvalue weighted by Crippen LogP contribution is 2.34. The first kappa shape index (κ1) is 15.1. The predicted octanol–water partition coefficient (Wildman–Crippen LogP) is 1.13. The van der Waals surface area contributed by atoms with Crippen LogP contribution in [0.1, 0.15) is 25.0 Å². The summed E-state index contributed by atoms with van der Waals surface area (Å²) in [5, 5.41) is 6.82. The SMILES string of the molecule is CN=C(NCc1cccc(N(C)C)n1)NC1CC2CCC1O2. The van der Waals surface area contributed by atoms with Crippen molar-refractivity contribution in [1.29, 1.82) is 0 Å². The first-order valence-electron chi connectivity index (χ1n) is 7.91. The van der Waals surface area contributed by atoms with Crippen LogP contribution in [-0.2, 0) is 11.3 Å². The van der Waals surface area contributed by atoms with Crippen LogP contribution < -0.4 is 15.5 Å². The van der Waals surface area contributed by atoms with Crippen LogP contribution in [0.15, 0.2) is 23.2 Å². The van der Waals surface area contributed by atoms with Gasteiger partial charge in [0.25, 0.3) is 0 Å². The number of guanidine groups is 1. The normalized spacial score (nSPS) is 27.0. The fourth-order valence-corrected chi connectivity index (χ4v) is 3.15. The predicted molar refractivity (Wildman–Crippen MR) is 88.2 cm³/mol. The molecule has 6 heteroatoms. The molecular weight excluding hydrogens is 278 g/mol. The first-order chi connectivity index (χ1) is 10.7. The van der Waals surface area contributed by atoms with Gasteiger partial charge in [-0.25, -0.2) is 4.98 Å². The number of rotatable bonds is 4. The summed E-state index contributed by atoms with van der Waals surface area (Å²) in [5.41, 5.74) is 0.998. The summed E-state index contributed by atoms with van der Waals surface area (Å²) in [4.78, 5) is 10.9. The second-order valence-corrected chi connectivity index (χ2v) is 6.17. The number of fused-ring (bicyclic) bond motifs is 2. The van der Waals surface area contributed by atoms with Crippen LogP contribution in [0.5, 0.6) is 0 Å². The van der Waals surface area contributed by atoms with E-state index in [1.807, 2.05) is 37.2 Å². The Kier molecular flexibility index (Phi) is 4.47. The van der Waals surface area contributed by atoms with Gasteiger partial charge >= 0.3 is 0 Å². The van der Waals surface area contributed by atoms with Crippen molar-refractivity contribution in [1.82, 2.24) is 15.6 Å². The van der Waals surface area contributed by atoms with Crippen molar-refractivity contribution in [3.05, 3.63) is 23.9 Å². The molecule has 2 N–H and O–H groups in total. The fourth-order valence-electron chi connectivity index (χ4n) is 3.15. The summed E-state index contributed by atoms with van der Waals surface area (Å²) >= 11 is 0. The average Bonchev–Trinajstić information content (AvgIpc) is 3.14. The molecule has 0 aliphatic carbocycles. The molecule has 3 rings (SSSR count). The second-order valence-electron chi connectivity index (χ2n) is 6.17. The van der Waals surface area contributed by atoms with Crippen LogP contribution in [0.2, 0.25) is 0 Å². The summed E-state index contributed by atoms with van der Waals surface area (Å²) < 4.78 is 5.87. The monoisotopic (exact) mass is 303 g/mol. The zero-order valence-electron chi connectivity index (χ0n) is 13.5. The third-order valence-electron chi connectivity index (χ3n) is 4.34. The molecule has 3 unspecified atom stereocenters. The molecule has 3 atom stereocenters. The van der Waals surface area contributed by atoms with Crippen molar-refractivity contribution >= 4 is 11.8 Å². The van der Waals surface area contributed by atoms with Gasteiger partial charge in [-0.05, 0) is 31.4 Å². The van der Waals surface area contributed by atoms with Gasteiger partial charge in [-0.1, -0.05) is 6.07 Å². The minimum Gasteiger partial charge on any atom is -0.373 e. The molecule has 2 saturated heterocycles. The molecule has 120 valence electrons. The standard InChI is InChI=1S/C16H25N5O/c1-17-16(20-13-9-12-7-8-14(13)22-12)18-10-11-5-4-6-15(19-11)21(2)3/h4-6,12-14H,7-10H2,1-3H3,(H2,17,18,20). The third-order valence-corrected chi connectivity index (χ3v) is 4.34. The van der Waals surface area contributed by atoms with Crippen LogP contribution in [0.4, 0.5) is 5.82 Å². The highest BCUT2D eigenvalue weighted by atomic mass is 16.5. The van der Waals surface area contributed by atoms with Crippen molar-refractivity contribution < 1.29 is 4.74 Å². The molecule has 3 heterocycles. The van der Waals surface area contributed by atoms with E-state index in [4.69, 9.17) is 4.74 Å². The Morgan fingerprint density at radius 1 is 1.41 bits per heavy atom. The number of ether oxygens (including phenoxy) is 1. The molecule has 0 spiro atoms. The zero-order chi connectivity index (χ0) is 15.5. The van der Waals surface area contributed by atoms with E-state index in [0.717, 1.165) is 30.3 Å². The Hall–Kier alpha value is -1.82. The summed E-state index contributed by atoms with van der Waals surface area (Å²) in [6, 6.07) is 6.43. The maximum Gasteiger partial charge on any atom is 0.191 e. The topological polar surface area (TPSA) is 61.8 Å². The lowest BCUT2D eigenvalue weighted by Crippen LogP contribution is -2.47. The molecule has 22 heavy (non-hydrogen) atoms. The molecule has 0 amide bonds. The summed E-state index contributed by atoms with van der Waals surface area (Å²) in [5.74, 6) is 1.78. The molecule has 2 fully saturated rings. The first-order valence-corrected chi connectivity index (χ1v) is 7.91. The summed E-state index contributed by atoms with van der Waals surface area (Å²) in [7, 11) is 5.79. The van der Waals surface area contributed by atoms with E-state index in [-0.39, 0.29) is 0 Å². The Balaban J connectivity index is 1.54. The van der Waals surface area contributed by atoms with Gasteiger partial charge in [-0.3, -0.25) is 4.99 Å². The van der Waals surface area contributed by atoms with E-state index in [0.29, 0.717) is 24.8 Å². The number of pyridine rings is 1. The Labute approximate surface area is 132 Å². The number of aromatic nitrogens is 1. The molecule has 2 aliphatic rings. The van der Waals surface area contributed by atoms with Crippen molar-refractivity contribution in [2.75, 3.05) is 26.0 Å². The minimum absolute atomic E-state index is 0.346. The van der Waals surface area contributed by atoms with Gasteiger partial charge in [0.05, 0.1) is 30.5 Å². The van der Waals surface area contributed by atoms with Crippen LogP contribution >= 0.6 is 0 Å². The quantitative estimate of drug-likeness (QED) is 0.645. The van der Waals surface area contributed by atoms with Gasteiger partial charge < -0.3 is 20.3 Å². The van der Waals surface area contributed by atoms with Crippen LogP contribution in [0.25, 0.3) is 0 Å². The van der Waals surface area contributed by atoms with Crippen molar-refractivity contribution in [2.24, 2.45) is 4.99 Å². The second kappa shape index (κ2) is 6.52. The van der Waals surface area contributed by atoms with Crippen molar-refractivity contribution in [3.8, 4) is 0 Å². The maximum absolute atomic E-state index is 5.87. The highest BCUT2D eigenvalue weighted by molar-refractivity contribution is 5.80. The van der Waals surface area contributed by atoms with E-state index in [1.54, 1.807) is 7.05 Å². The number of aliphatic imine (C=N–C) groups is 1. The number of nitrogens with one attached hydrogen (secondary N) is 2. The molecular formula is C16H25N5O. The van der Waals surface area contributed by atoms with Gasteiger partial charge in [0.1, 0.15) is 5.82 Å². The number of hydrogen-bond acceptors (Lipinski definition) is 4. The minimum atomic E-state index is 0.346. The van der Waals surface area contributed by atoms with Gasteiger partial charge in [-0.15, -0.1) is 0 Å². The average molecular weight is 303 g/mol. The fraction of sp³-hybridized carbons (Fsp3) is 0.625. The number of nitrogens with zero attached hydrogens (tertiary/aromatic N) is 3. The maximum atomic E-state index is 5.87. The Morgan fingerprint density at radius 3 is 2.91 bits per heavy atom. The molecule has 2 bridgehead atoms. The smallest absolute Gasteiger partial charge is 0.191 e. The summed E-state index contributed by atoms with van der Waals surface area (Å²) in [6.45, 7) is 0.656. The van der Waals surface area contributed by atoms with Gasteiger partial charge in [0, 0.05) is 21.1 Å². The van der Waals surface area contributed by atoms with E-state index < -0.39 is 0 Å². The number of hydrogen-bond donors (Lipinski definition) is 2. The van der Waals surface area contributed by atoms with Gasteiger partial charge in [0.15, 0.2) is 5.96 Å². The van der Waals surface area contributed by atoms with E-state index in [2.05, 4.69) is 20.6 Å². The molecule has 1 aromatic heterocycles. The largest absolute Gasteiger partial charge is 0.373 e. The van der Waals surface area contributed by atoms with Crippen LogP contribution in [-0.4, -0.2) is 50.3 Å². The van der Waals surface area contributed by atoms with E-state index >= 15 is 0 Å². The van der Waals surface area contributed by atoms with Crippen molar-refractivity contribution in [2.45, 2.75) is 44.1 Å². The Morgan fingerprint density at radius 2 is 2.27 bits per heavy atom. The van der Waals surface area contributed by atoms with Crippen molar-refractivity contribution in [3.63, 3.8) is 0 Å². The lowest BCUT2D eigenvalue weighted by atomic mass is 9.96. The molecule has 6 nitrogen and oxygen atoms in total. The van der Waals surface area contributed by atoms with Gasteiger partial charge in [0.2, 0.25) is 0 Å². The van der Waals surface area contributed by atoms with E-state index in [1.165, 1.54) is 6.42 Å². The molecule has 0 saturated carbocycles. The zero-order valence-corrected chi connectivity index (χ0v) is 13.5. The molecule has 0 aromatic carbocycles. The summed E-state index contributed by atoms with van der Waals surface area (Å²) in [6.07, 6.45) is 4.24. The molecule has 2 aliphatic heterocycles. The Bertz CT molecular complexity index is 545. The number of anilines is 1. The lowest BCUT2D eigenvalue weighted by molar-refractivity contribution is 0.0992.